The Labute approximate surface area is 192 Å². The molecule has 178 valence electrons. The van der Waals surface area contributed by atoms with E-state index in [1.807, 2.05) is 0 Å². The summed E-state index contributed by atoms with van der Waals surface area (Å²) in [5, 5.41) is 12.8. The molecule has 13 heteroatoms. The smallest absolute Gasteiger partial charge is 0.303 e. The molecule has 1 fully saturated rings. The van der Waals surface area contributed by atoms with Gasteiger partial charge in [0.2, 0.25) is 0 Å². The topological polar surface area (TPSA) is 164 Å². The number of imidazole rings is 1. The van der Waals surface area contributed by atoms with Crippen LogP contribution in [0.1, 0.15) is 20.1 Å². The molecule has 0 amide bonds. The number of carbonyl (C=O) groups is 3. The van der Waals surface area contributed by atoms with Crippen molar-refractivity contribution in [2.24, 2.45) is 0 Å². The second-order valence-corrected chi connectivity index (χ2v) is 7.36. The molecule has 3 aromatic rings. The number of rotatable bonds is 8. The Morgan fingerprint density at radius 3 is 2.74 bits per heavy atom. The second-order valence-electron chi connectivity index (χ2n) is 7.36. The first kappa shape index (κ1) is 22.9. The Kier molecular flexibility index (Phi) is 6.54. The van der Waals surface area contributed by atoms with Crippen LogP contribution in [0.5, 0.6) is 5.75 Å². The molecule has 2 N–H and O–H groups in total. The highest BCUT2D eigenvalue weighted by atomic mass is 16.7. The number of nitrogens with one attached hydrogen (secondary N) is 1. The fourth-order valence-electron chi connectivity index (χ4n) is 3.66. The van der Waals surface area contributed by atoms with Gasteiger partial charge in [-0.3, -0.25) is 19.0 Å². The van der Waals surface area contributed by atoms with Crippen LogP contribution in [0.4, 0.5) is 11.5 Å². The summed E-state index contributed by atoms with van der Waals surface area (Å²) in [5.41, 5.74) is 1.27. The van der Waals surface area contributed by atoms with Crippen LogP contribution in [0.2, 0.25) is 0 Å². The summed E-state index contributed by atoms with van der Waals surface area (Å²) >= 11 is 0. The summed E-state index contributed by atoms with van der Waals surface area (Å²) < 4.78 is 23.1. The molecule has 0 aliphatic carbocycles. The molecule has 3 heterocycles. The zero-order valence-electron chi connectivity index (χ0n) is 18.2. The average Bonchev–Trinajstić information content (AvgIpc) is 3.35. The van der Waals surface area contributed by atoms with Crippen LogP contribution < -0.4 is 5.32 Å². The lowest BCUT2D eigenvalue weighted by Gasteiger charge is -2.22. The molecule has 0 radical (unpaired) electrons. The number of aromatic hydroxyl groups is 1. The van der Waals surface area contributed by atoms with E-state index in [9.17, 15) is 19.5 Å². The number of phenols is 1. The van der Waals surface area contributed by atoms with Crippen LogP contribution in [0.15, 0.2) is 36.9 Å². The molecule has 4 atom stereocenters. The molecule has 13 nitrogen and oxygen atoms in total. The molecular weight excluding hydrogens is 450 g/mol. The largest absolute Gasteiger partial charge is 0.508 e. The molecule has 1 aliphatic rings. The summed E-state index contributed by atoms with van der Waals surface area (Å²) in [7, 11) is 0. The lowest BCUT2D eigenvalue weighted by Crippen LogP contribution is -2.39. The van der Waals surface area contributed by atoms with Gasteiger partial charge in [0.15, 0.2) is 35.4 Å². The van der Waals surface area contributed by atoms with Crippen molar-refractivity contribution < 1.29 is 38.4 Å². The van der Waals surface area contributed by atoms with Crippen molar-refractivity contribution in [2.45, 2.75) is 38.4 Å². The predicted molar refractivity (Wildman–Crippen MR) is 114 cm³/mol. The van der Waals surface area contributed by atoms with Crippen LogP contribution in [0.25, 0.3) is 11.2 Å². The summed E-state index contributed by atoms with van der Waals surface area (Å²) in [4.78, 5) is 47.1. The second kappa shape index (κ2) is 9.70. The van der Waals surface area contributed by atoms with E-state index in [2.05, 4.69) is 20.3 Å². The standard InChI is InChI=1S/C21H21N5O8/c1-11(28)31-7-15-17(32-10-27)18(33-12(2)29)21(34-15)26-9-24-16-19(22-8-23-20(16)26)25-13-4-3-5-14(30)6-13/h3-6,8-10,15,17-18,21,30H,7H2,1-2H3,(H,22,23,25). The third-order valence-corrected chi connectivity index (χ3v) is 4.99. The van der Waals surface area contributed by atoms with Crippen LogP contribution in [-0.4, -0.2) is 68.0 Å². The Balaban J connectivity index is 1.70. The van der Waals surface area contributed by atoms with Crippen molar-refractivity contribution in [2.75, 3.05) is 11.9 Å². The Bertz CT molecular complexity index is 1210. The van der Waals surface area contributed by atoms with Crippen LogP contribution >= 0.6 is 0 Å². The summed E-state index contributed by atoms with van der Waals surface area (Å²) in [5.74, 6) is -0.751. The lowest BCUT2D eigenvalue weighted by molar-refractivity contribution is -0.161. The van der Waals surface area contributed by atoms with E-state index in [-0.39, 0.29) is 18.8 Å². The first-order chi connectivity index (χ1) is 16.4. The van der Waals surface area contributed by atoms with E-state index < -0.39 is 36.5 Å². The van der Waals surface area contributed by atoms with Crippen molar-refractivity contribution in [3.05, 3.63) is 36.9 Å². The maximum Gasteiger partial charge on any atom is 0.303 e. The van der Waals surface area contributed by atoms with Gasteiger partial charge < -0.3 is 29.4 Å². The molecule has 34 heavy (non-hydrogen) atoms. The minimum absolute atomic E-state index is 0.0736. The van der Waals surface area contributed by atoms with Crippen molar-refractivity contribution >= 4 is 41.1 Å². The van der Waals surface area contributed by atoms with E-state index in [1.165, 1.54) is 43.2 Å². The van der Waals surface area contributed by atoms with Gasteiger partial charge in [-0.2, -0.15) is 0 Å². The number of ether oxygens (including phenoxy) is 4. The zero-order valence-corrected chi connectivity index (χ0v) is 18.2. The van der Waals surface area contributed by atoms with Crippen molar-refractivity contribution in [1.29, 1.82) is 0 Å². The van der Waals surface area contributed by atoms with Crippen LogP contribution in [-0.2, 0) is 33.3 Å². The third-order valence-electron chi connectivity index (χ3n) is 4.99. The Morgan fingerprint density at radius 2 is 2.03 bits per heavy atom. The number of aromatic nitrogens is 4. The number of carbonyl (C=O) groups excluding carboxylic acids is 3. The first-order valence-corrected chi connectivity index (χ1v) is 10.2. The SMILES string of the molecule is CC(=O)OCC1OC(n2cnc3c(Nc4cccc(O)c4)ncnc32)C(OC(C)=O)C1OC=O. The van der Waals surface area contributed by atoms with Crippen molar-refractivity contribution in [1.82, 2.24) is 19.5 Å². The summed E-state index contributed by atoms with van der Waals surface area (Å²) in [6.07, 6.45) is -1.30. The molecule has 0 bridgehead atoms. The minimum Gasteiger partial charge on any atom is -0.508 e. The molecule has 1 aromatic carbocycles. The fourth-order valence-corrected chi connectivity index (χ4v) is 3.66. The van der Waals surface area contributed by atoms with Gasteiger partial charge in [0, 0.05) is 25.6 Å². The van der Waals surface area contributed by atoms with Crippen LogP contribution in [0, 0.1) is 0 Å². The maximum atomic E-state index is 11.8. The van der Waals surface area contributed by atoms with E-state index in [4.69, 9.17) is 18.9 Å². The van der Waals surface area contributed by atoms with Gasteiger partial charge in [-0.1, -0.05) is 6.07 Å². The number of hydrogen-bond donors (Lipinski definition) is 2. The Hall–Kier alpha value is -4.26. The van der Waals surface area contributed by atoms with Gasteiger partial charge in [-0.15, -0.1) is 0 Å². The van der Waals surface area contributed by atoms with Crippen molar-refractivity contribution in [3.63, 3.8) is 0 Å². The Morgan fingerprint density at radius 1 is 1.21 bits per heavy atom. The minimum atomic E-state index is -1.07. The highest BCUT2D eigenvalue weighted by Gasteiger charge is 2.50. The zero-order chi connectivity index (χ0) is 24.2. The monoisotopic (exact) mass is 471 g/mol. The quantitative estimate of drug-likeness (QED) is 0.274. The number of esters is 2. The number of anilines is 2. The van der Waals surface area contributed by atoms with Gasteiger partial charge in [-0.05, 0) is 12.1 Å². The van der Waals surface area contributed by atoms with Gasteiger partial charge in [0.1, 0.15) is 24.8 Å². The fraction of sp³-hybridized carbons (Fsp3) is 0.333. The lowest BCUT2D eigenvalue weighted by atomic mass is 10.1. The third kappa shape index (κ3) is 4.73. The van der Waals surface area contributed by atoms with Crippen LogP contribution in [0.3, 0.4) is 0 Å². The predicted octanol–water partition coefficient (Wildman–Crippen LogP) is 1.21. The number of fused-ring (bicyclic) bond motifs is 1. The van der Waals surface area contributed by atoms with E-state index in [1.54, 1.807) is 12.1 Å². The van der Waals surface area contributed by atoms with Crippen molar-refractivity contribution in [3.8, 4) is 5.75 Å². The average molecular weight is 471 g/mol. The van der Waals surface area contributed by atoms with Gasteiger partial charge in [0.25, 0.3) is 6.47 Å². The van der Waals surface area contributed by atoms with Gasteiger partial charge in [-0.25, -0.2) is 15.0 Å². The number of benzene rings is 1. The molecule has 2 aromatic heterocycles. The molecular formula is C21H21N5O8. The first-order valence-electron chi connectivity index (χ1n) is 10.2. The summed E-state index contributed by atoms with van der Waals surface area (Å²) in [6.45, 7) is 2.42. The molecule has 1 saturated heterocycles. The maximum absolute atomic E-state index is 11.8. The molecule has 4 rings (SSSR count). The molecule has 1 aliphatic heterocycles. The normalized spacial score (nSPS) is 21.7. The van der Waals surface area contributed by atoms with E-state index >= 15 is 0 Å². The molecule has 4 unspecified atom stereocenters. The highest BCUT2D eigenvalue weighted by Crippen LogP contribution is 2.36. The molecule has 0 saturated carbocycles. The molecule has 0 spiro atoms. The van der Waals surface area contributed by atoms with Gasteiger partial charge >= 0.3 is 11.9 Å². The number of phenolic OH excluding ortho intramolecular Hbond substituents is 1. The summed E-state index contributed by atoms with van der Waals surface area (Å²) in [6, 6.07) is 6.46. The number of hydrogen-bond acceptors (Lipinski definition) is 12. The van der Waals surface area contributed by atoms with E-state index in [0.29, 0.717) is 22.7 Å². The highest BCUT2D eigenvalue weighted by molar-refractivity contribution is 5.85. The van der Waals surface area contributed by atoms with E-state index in [0.717, 1.165) is 0 Å². The number of nitrogens with zero attached hydrogens (tertiary/aromatic N) is 4. The van der Waals surface area contributed by atoms with Gasteiger partial charge in [0.05, 0.1) is 6.33 Å².